The summed E-state index contributed by atoms with van der Waals surface area (Å²) in [4.78, 5) is 30.7. The van der Waals surface area contributed by atoms with Gasteiger partial charge in [-0.2, -0.15) is 0 Å². The minimum absolute atomic E-state index is 0.0153. The van der Waals surface area contributed by atoms with Crippen LogP contribution in [0.2, 0.25) is 0 Å². The predicted octanol–water partition coefficient (Wildman–Crippen LogP) is 4.31. The number of carbonyl (C=O) groups excluding carboxylic acids is 2. The Morgan fingerprint density at radius 3 is 2.44 bits per heavy atom. The van der Waals surface area contributed by atoms with Gasteiger partial charge in [0.15, 0.2) is 0 Å². The van der Waals surface area contributed by atoms with Gasteiger partial charge >= 0.3 is 0 Å². The molecular weight excluding hydrogens is 356 g/mol. The smallest absolute Gasteiger partial charge is 0.242 e. The van der Waals surface area contributed by atoms with Gasteiger partial charge in [-0.3, -0.25) is 9.59 Å². The molecular formula is C22H28N2O2S. The Kier molecular flexibility index (Phi) is 6.67. The normalized spacial score (nSPS) is 14.6. The zero-order valence-electron chi connectivity index (χ0n) is 16.1. The topological polar surface area (TPSA) is 40.6 Å². The first-order valence-electron chi connectivity index (χ1n) is 9.73. The van der Waals surface area contributed by atoms with Crippen molar-refractivity contribution in [3.05, 3.63) is 58.3 Å². The van der Waals surface area contributed by atoms with Crippen molar-refractivity contribution in [3.8, 4) is 0 Å². The molecule has 1 aromatic carbocycles. The molecule has 4 nitrogen and oxygen atoms in total. The highest BCUT2D eigenvalue weighted by Crippen LogP contribution is 2.32. The average Bonchev–Trinajstić information content (AvgIpc) is 3.42. The van der Waals surface area contributed by atoms with Crippen molar-refractivity contribution in [1.29, 1.82) is 0 Å². The fraction of sp³-hybridized carbons (Fsp3) is 0.455. The summed E-state index contributed by atoms with van der Waals surface area (Å²) in [6.07, 6.45) is 2.78. The number of amides is 2. The van der Waals surface area contributed by atoms with Gasteiger partial charge in [0.25, 0.3) is 0 Å². The Balaban J connectivity index is 1.74. The maximum Gasteiger partial charge on any atom is 0.242 e. The molecule has 0 radical (unpaired) electrons. The third-order valence-electron chi connectivity index (χ3n) is 5.13. The van der Waals surface area contributed by atoms with Gasteiger partial charge in [0.1, 0.15) is 6.54 Å². The van der Waals surface area contributed by atoms with Gasteiger partial charge in [-0.05, 0) is 43.2 Å². The fourth-order valence-corrected chi connectivity index (χ4v) is 3.83. The standard InChI is InChI=1S/C22H28N2O2S/c1-3-17(2)24(22(26)19-11-12-19)16-21(25)23(15-20-10-7-13-27-20)14-18-8-5-4-6-9-18/h4-10,13,17,19H,3,11-12,14-16H2,1-2H3/t17-/m0/s1. The Hall–Kier alpha value is -2.14. The Morgan fingerprint density at radius 1 is 1.11 bits per heavy atom. The largest absolute Gasteiger partial charge is 0.332 e. The maximum atomic E-state index is 13.2. The molecule has 0 bridgehead atoms. The molecule has 2 amide bonds. The van der Waals surface area contributed by atoms with Gasteiger partial charge in [0, 0.05) is 23.4 Å². The molecule has 1 heterocycles. The van der Waals surface area contributed by atoms with Crippen LogP contribution in [0.3, 0.4) is 0 Å². The predicted molar refractivity (Wildman–Crippen MR) is 109 cm³/mol. The van der Waals surface area contributed by atoms with E-state index in [1.807, 2.05) is 53.6 Å². The zero-order valence-corrected chi connectivity index (χ0v) is 17.0. The first kappa shape index (κ1) is 19.6. The molecule has 1 aliphatic carbocycles. The van der Waals surface area contributed by atoms with Crippen LogP contribution in [0.15, 0.2) is 47.8 Å². The quantitative estimate of drug-likeness (QED) is 0.646. The van der Waals surface area contributed by atoms with E-state index >= 15 is 0 Å². The third-order valence-corrected chi connectivity index (χ3v) is 6.00. The maximum absolute atomic E-state index is 13.2. The fourth-order valence-electron chi connectivity index (χ4n) is 3.11. The van der Waals surface area contributed by atoms with Crippen LogP contribution in [0.1, 0.15) is 43.6 Å². The number of thiophene rings is 1. The van der Waals surface area contributed by atoms with Crippen molar-refractivity contribution >= 4 is 23.2 Å². The van der Waals surface area contributed by atoms with E-state index in [1.54, 1.807) is 16.2 Å². The van der Waals surface area contributed by atoms with Crippen molar-refractivity contribution in [3.63, 3.8) is 0 Å². The van der Waals surface area contributed by atoms with Crippen molar-refractivity contribution in [2.45, 2.75) is 52.2 Å². The molecule has 1 aliphatic rings. The lowest BCUT2D eigenvalue weighted by atomic mass is 10.1. The van der Waals surface area contributed by atoms with E-state index in [0.717, 1.165) is 29.7 Å². The van der Waals surface area contributed by atoms with Crippen LogP contribution in [0.4, 0.5) is 0 Å². The molecule has 0 saturated heterocycles. The van der Waals surface area contributed by atoms with Crippen LogP contribution < -0.4 is 0 Å². The molecule has 5 heteroatoms. The average molecular weight is 385 g/mol. The summed E-state index contributed by atoms with van der Waals surface area (Å²) in [5.41, 5.74) is 1.10. The molecule has 1 atom stereocenters. The van der Waals surface area contributed by atoms with E-state index in [9.17, 15) is 9.59 Å². The van der Waals surface area contributed by atoms with Crippen LogP contribution in [-0.2, 0) is 22.7 Å². The summed E-state index contributed by atoms with van der Waals surface area (Å²) in [5, 5.41) is 2.03. The van der Waals surface area contributed by atoms with Gasteiger partial charge in [-0.15, -0.1) is 11.3 Å². The van der Waals surface area contributed by atoms with E-state index < -0.39 is 0 Å². The second kappa shape index (κ2) is 9.18. The van der Waals surface area contributed by atoms with E-state index in [-0.39, 0.29) is 30.3 Å². The van der Waals surface area contributed by atoms with E-state index in [0.29, 0.717) is 13.1 Å². The summed E-state index contributed by atoms with van der Waals surface area (Å²) in [7, 11) is 0. The summed E-state index contributed by atoms with van der Waals surface area (Å²) >= 11 is 1.66. The van der Waals surface area contributed by atoms with Crippen LogP contribution >= 0.6 is 11.3 Å². The molecule has 3 rings (SSSR count). The molecule has 144 valence electrons. The minimum atomic E-state index is 0.0153. The van der Waals surface area contributed by atoms with Crippen LogP contribution in [0.5, 0.6) is 0 Å². The van der Waals surface area contributed by atoms with Gasteiger partial charge in [0.2, 0.25) is 11.8 Å². The van der Waals surface area contributed by atoms with Gasteiger partial charge < -0.3 is 9.80 Å². The molecule has 0 spiro atoms. The van der Waals surface area contributed by atoms with Crippen LogP contribution in [-0.4, -0.2) is 34.2 Å². The monoisotopic (exact) mass is 384 g/mol. The number of nitrogens with zero attached hydrogens (tertiary/aromatic N) is 2. The Bertz CT molecular complexity index is 741. The summed E-state index contributed by atoms with van der Waals surface area (Å²) in [6.45, 7) is 5.41. The number of rotatable bonds is 9. The van der Waals surface area contributed by atoms with Crippen molar-refractivity contribution in [1.82, 2.24) is 9.80 Å². The first-order chi connectivity index (χ1) is 13.1. The summed E-state index contributed by atoms with van der Waals surface area (Å²) in [6, 6.07) is 14.2. The number of carbonyl (C=O) groups is 2. The SMILES string of the molecule is CC[C@H](C)N(CC(=O)N(Cc1ccccc1)Cc1cccs1)C(=O)C1CC1. The highest BCUT2D eigenvalue weighted by molar-refractivity contribution is 7.09. The molecule has 0 aliphatic heterocycles. The highest BCUT2D eigenvalue weighted by Gasteiger charge is 2.36. The van der Waals surface area contributed by atoms with E-state index in [4.69, 9.17) is 0 Å². The molecule has 1 aromatic heterocycles. The molecule has 2 aromatic rings. The third kappa shape index (κ3) is 5.42. The first-order valence-corrected chi connectivity index (χ1v) is 10.6. The van der Waals surface area contributed by atoms with Crippen molar-refractivity contribution in [2.75, 3.05) is 6.54 Å². The Morgan fingerprint density at radius 2 is 1.85 bits per heavy atom. The molecule has 0 N–H and O–H groups in total. The molecule has 1 saturated carbocycles. The van der Waals surface area contributed by atoms with E-state index in [2.05, 4.69) is 13.0 Å². The number of hydrogen-bond donors (Lipinski definition) is 0. The second-order valence-electron chi connectivity index (χ2n) is 7.31. The summed E-state index contributed by atoms with van der Waals surface area (Å²) < 4.78 is 0. The van der Waals surface area contributed by atoms with Crippen molar-refractivity contribution in [2.24, 2.45) is 5.92 Å². The van der Waals surface area contributed by atoms with E-state index in [1.165, 1.54) is 0 Å². The molecule has 27 heavy (non-hydrogen) atoms. The van der Waals surface area contributed by atoms with Gasteiger partial charge in [-0.25, -0.2) is 0 Å². The Labute approximate surface area is 165 Å². The minimum Gasteiger partial charge on any atom is -0.332 e. The van der Waals surface area contributed by atoms with Crippen LogP contribution in [0, 0.1) is 5.92 Å². The molecule has 0 unspecified atom stereocenters. The molecule has 1 fully saturated rings. The van der Waals surface area contributed by atoms with Crippen molar-refractivity contribution < 1.29 is 9.59 Å². The lowest BCUT2D eigenvalue weighted by Gasteiger charge is -2.31. The summed E-state index contributed by atoms with van der Waals surface area (Å²) in [5.74, 6) is 0.293. The lowest BCUT2D eigenvalue weighted by molar-refractivity contribution is -0.143. The number of hydrogen-bond acceptors (Lipinski definition) is 3. The van der Waals surface area contributed by atoms with Crippen LogP contribution in [0.25, 0.3) is 0 Å². The number of benzene rings is 1. The highest BCUT2D eigenvalue weighted by atomic mass is 32.1. The second-order valence-corrected chi connectivity index (χ2v) is 8.34. The van der Waals surface area contributed by atoms with Gasteiger partial charge in [0.05, 0.1) is 6.54 Å². The zero-order chi connectivity index (χ0) is 19.2. The van der Waals surface area contributed by atoms with Gasteiger partial charge in [-0.1, -0.05) is 43.3 Å². The lowest BCUT2D eigenvalue weighted by Crippen LogP contribution is -2.46.